The number of hydrogen-bond donors (Lipinski definition) is 1. The maximum atomic E-state index is 13.4. The van der Waals surface area contributed by atoms with Crippen LogP contribution in [0.2, 0.25) is 0 Å². The Morgan fingerprint density at radius 3 is 2.50 bits per heavy atom. The number of carbonyl (C=O) groups excluding carboxylic acids is 1. The number of likely N-dealkylation sites (tertiary alicyclic amines) is 1. The summed E-state index contributed by atoms with van der Waals surface area (Å²) in [4.78, 5) is 18.0. The second-order valence-electron chi connectivity index (χ2n) is 9.05. The van der Waals surface area contributed by atoms with Gasteiger partial charge in [-0.1, -0.05) is 55.7 Å². The smallest absolute Gasteiger partial charge is 0.241 e. The molecule has 0 radical (unpaired) electrons. The lowest BCUT2D eigenvalue weighted by Gasteiger charge is -2.45. The van der Waals surface area contributed by atoms with E-state index in [1.165, 1.54) is 37.7 Å². The molecule has 160 valence electrons. The number of anilines is 2. The zero-order valence-electron chi connectivity index (χ0n) is 18.4. The van der Waals surface area contributed by atoms with Crippen molar-refractivity contribution in [2.45, 2.75) is 62.9 Å². The predicted molar refractivity (Wildman–Crippen MR) is 125 cm³/mol. The van der Waals surface area contributed by atoms with E-state index < -0.39 is 0 Å². The van der Waals surface area contributed by atoms with Crippen LogP contribution in [0.5, 0.6) is 0 Å². The summed E-state index contributed by atoms with van der Waals surface area (Å²) in [5.74, 6) is 0.688. The third kappa shape index (κ3) is 4.70. The molecule has 3 unspecified atom stereocenters. The van der Waals surface area contributed by atoms with E-state index in [9.17, 15) is 4.79 Å². The van der Waals surface area contributed by atoms with E-state index in [1.54, 1.807) is 0 Å². The van der Waals surface area contributed by atoms with Gasteiger partial charge >= 0.3 is 0 Å². The van der Waals surface area contributed by atoms with Crippen LogP contribution < -0.4 is 10.2 Å². The highest BCUT2D eigenvalue weighted by atomic mass is 16.2. The quantitative estimate of drug-likeness (QED) is 0.736. The summed E-state index contributed by atoms with van der Waals surface area (Å²) >= 11 is 0. The second-order valence-corrected chi connectivity index (χ2v) is 9.05. The van der Waals surface area contributed by atoms with E-state index in [1.807, 2.05) is 26.2 Å². The lowest BCUT2D eigenvalue weighted by Crippen LogP contribution is -2.54. The zero-order valence-corrected chi connectivity index (χ0v) is 18.4. The monoisotopic (exact) mass is 405 g/mol. The molecule has 4 nitrogen and oxygen atoms in total. The van der Waals surface area contributed by atoms with Crippen LogP contribution in [0, 0.1) is 0 Å². The summed E-state index contributed by atoms with van der Waals surface area (Å²) < 4.78 is 0. The van der Waals surface area contributed by atoms with Crippen molar-refractivity contribution in [2.75, 3.05) is 30.9 Å². The summed E-state index contributed by atoms with van der Waals surface area (Å²) in [6.45, 7) is 1.03. The van der Waals surface area contributed by atoms with Crippen LogP contribution in [0.3, 0.4) is 0 Å². The lowest BCUT2D eigenvalue weighted by molar-refractivity contribution is -0.124. The first-order valence-electron chi connectivity index (χ1n) is 11.5. The fourth-order valence-corrected chi connectivity index (χ4v) is 5.32. The topological polar surface area (TPSA) is 35.6 Å². The average molecular weight is 406 g/mol. The molecule has 1 N–H and O–H groups in total. The highest BCUT2D eigenvalue weighted by molar-refractivity contribution is 5.95. The Hall–Kier alpha value is -2.33. The number of nitrogens with one attached hydrogen (secondary N) is 1. The lowest BCUT2D eigenvalue weighted by atomic mass is 9.78. The molecule has 1 aliphatic heterocycles. The van der Waals surface area contributed by atoms with Gasteiger partial charge in [-0.25, -0.2) is 0 Å². The molecule has 0 bridgehead atoms. The van der Waals surface area contributed by atoms with Gasteiger partial charge in [-0.3, -0.25) is 9.69 Å². The second kappa shape index (κ2) is 9.65. The maximum Gasteiger partial charge on any atom is 0.241 e. The van der Waals surface area contributed by atoms with Crippen LogP contribution in [-0.2, 0) is 4.79 Å². The van der Waals surface area contributed by atoms with Crippen LogP contribution in [0.4, 0.5) is 11.4 Å². The Bertz CT molecular complexity index is 835. The minimum absolute atomic E-state index is 0.0314. The van der Waals surface area contributed by atoms with Crippen LogP contribution in [0.25, 0.3) is 0 Å². The van der Waals surface area contributed by atoms with Crippen LogP contribution in [0.15, 0.2) is 54.6 Å². The number of carbonyl (C=O) groups is 1. The molecule has 0 spiro atoms. The van der Waals surface area contributed by atoms with Gasteiger partial charge in [0.15, 0.2) is 0 Å². The zero-order chi connectivity index (χ0) is 20.9. The molecule has 2 aromatic rings. The fraction of sp³-hybridized carbons (Fsp3) is 0.500. The Labute approximate surface area is 181 Å². The minimum atomic E-state index is -0.0314. The Balaban J connectivity index is 1.53. The van der Waals surface area contributed by atoms with Gasteiger partial charge in [-0.2, -0.15) is 0 Å². The van der Waals surface area contributed by atoms with Gasteiger partial charge in [0.25, 0.3) is 0 Å². The van der Waals surface area contributed by atoms with Crippen molar-refractivity contribution in [3.05, 3.63) is 60.2 Å². The molecular weight excluding hydrogens is 370 g/mol. The minimum Gasteiger partial charge on any atom is -0.378 e. The van der Waals surface area contributed by atoms with E-state index in [0.29, 0.717) is 12.0 Å². The van der Waals surface area contributed by atoms with E-state index in [0.717, 1.165) is 30.8 Å². The number of amides is 1. The Kier molecular flexibility index (Phi) is 6.73. The van der Waals surface area contributed by atoms with E-state index in [-0.39, 0.29) is 11.9 Å². The molecule has 30 heavy (non-hydrogen) atoms. The van der Waals surface area contributed by atoms with Gasteiger partial charge in [-0.05, 0) is 61.9 Å². The number of benzene rings is 2. The molecule has 4 rings (SSSR count). The molecule has 1 saturated heterocycles. The van der Waals surface area contributed by atoms with Crippen molar-refractivity contribution >= 4 is 17.3 Å². The SMILES string of the molecule is CN(C)c1cccc(NC(=O)C2CCCCN2C2CCCCC2c2ccccc2)c1. The highest BCUT2D eigenvalue weighted by Crippen LogP contribution is 2.38. The van der Waals surface area contributed by atoms with Gasteiger partial charge < -0.3 is 10.2 Å². The largest absolute Gasteiger partial charge is 0.378 e. The van der Waals surface area contributed by atoms with Gasteiger partial charge in [0.1, 0.15) is 0 Å². The number of hydrogen-bond acceptors (Lipinski definition) is 3. The molecular formula is C26H35N3O. The molecule has 4 heteroatoms. The van der Waals surface area contributed by atoms with Gasteiger partial charge in [-0.15, -0.1) is 0 Å². The fourth-order valence-electron chi connectivity index (χ4n) is 5.32. The first-order chi connectivity index (χ1) is 14.6. The average Bonchev–Trinajstić information content (AvgIpc) is 2.80. The molecule has 1 aliphatic carbocycles. The normalized spacial score (nSPS) is 24.9. The summed E-state index contributed by atoms with van der Waals surface area (Å²) in [5, 5.41) is 3.22. The summed E-state index contributed by atoms with van der Waals surface area (Å²) in [5.41, 5.74) is 3.43. The van der Waals surface area contributed by atoms with Crippen LogP contribution >= 0.6 is 0 Å². The number of piperidine rings is 1. The van der Waals surface area contributed by atoms with E-state index in [4.69, 9.17) is 0 Å². The van der Waals surface area contributed by atoms with Crippen molar-refractivity contribution in [3.63, 3.8) is 0 Å². The van der Waals surface area contributed by atoms with Crippen molar-refractivity contribution in [3.8, 4) is 0 Å². The molecule has 2 fully saturated rings. The third-order valence-electron chi connectivity index (χ3n) is 6.86. The molecule has 2 aliphatic rings. The highest BCUT2D eigenvalue weighted by Gasteiger charge is 2.38. The van der Waals surface area contributed by atoms with Crippen molar-refractivity contribution < 1.29 is 4.79 Å². The first kappa shape index (κ1) is 20.9. The summed E-state index contributed by atoms with van der Waals surface area (Å²) in [6.07, 6.45) is 8.26. The van der Waals surface area contributed by atoms with Gasteiger partial charge in [0.05, 0.1) is 6.04 Å². The molecule has 2 aromatic carbocycles. The molecule has 1 amide bonds. The summed E-state index contributed by atoms with van der Waals surface area (Å²) in [7, 11) is 4.05. The van der Waals surface area contributed by atoms with Gasteiger partial charge in [0, 0.05) is 31.5 Å². The standard InChI is InChI=1S/C26H35N3O/c1-28(2)22-14-10-13-21(19-22)27-26(30)25-17-8-9-18-29(25)24-16-7-6-15-23(24)20-11-4-3-5-12-20/h3-5,10-14,19,23-25H,6-9,15-18H2,1-2H3,(H,27,30). The Morgan fingerprint density at radius 1 is 0.933 bits per heavy atom. The molecule has 0 aromatic heterocycles. The summed E-state index contributed by atoms with van der Waals surface area (Å²) in [6, 6.07) is 19.5. The molecule has 1 heterocycles. The van der Waals surface area contributed by atoms with Gasteiger partial charge in [0.2, 0.25) is 5.91 Å². The predicted octanol–water partition coefficient (Wildman–Crippen LogP) is 5.27. The van der Waals surface area contributed by atoms with Crippen LogP contribution in [0.1, 0.15) is 56.4 Å². The molecule has 1 saturated carbocycles. The van der Waals surface area contributed by atoms with Crippen molar-refractivity contribution in [2.24, 2.45) is 0 Å². The van der Waals surface area contributed by atoms with Crippen molar-refractivity contribution in [1.29, 1.82) is 0 Å². The maximum absolute atomic E-state index is 13.4. The van der Waals surface area contributed by atoms with E-state index in [2.05, 4.69) is 57.6 Å². The van der Waals surface area contributed by atoms with Crippen LogP contribution in [-0.4, -0.2) is 43.5 Å². The van der Waals surface area contributed by atoms with Crippen molar-refractivity contribution in [1.82, 2.24) is 4.90 Å². The van der Waals surface area contributed by atoms with E-state index >= 15 is 0 Å². The number of rotatable bonds is 5. The third-order valence-corrected chi connectivity index (χ3v) is 6.86. The Morgan fingerprint density at radius 2 is 1.70 bits per heavy atom. The number of nitrogens with zero attached hydrogens (tertiary/aromatic N) is 2. The first-order valence-corrected chi connectivity index (χ1v) is 11.5. The molecule has 3 atom stereocenters.